The first kappa shape index (κ1) is 22.1. The molecule has 2 aromatic rings. The van der Waals surface area contributed by atoms with Gasteiger partial charge in [-0.1, -0.05) is 6.42 Å². The van der Waals surface area contributed by atoms with E-state index < -0.39 is 28.3 Å². The van der Waals surface area contributed by atoms with Crippen molar-refractivity contribution in [2.75, 3.05) is 24.1 Å². The molecule has 1 amide bonds. The third-order valence-corrected chi connectivity index (χ3v) is 7.04. The van der Waals surface area contributed by atoms with Crippen molar-refractivity contribution in [3.8, 4) is 11.5 Å². The van der Waals surface area contributed by atoms with Crippen LogP contribution in [0.2, 0.25) is 0 Å². The van der Waals surface area contributed by atoms with Crippen LogP contribution >= 0.6 is 0 Å². The number of amides is 1. The Hall–Kier alpha value is -3.14. The van der Waals surface area contributed by atoms with E-state index in [2.05, 4.69) is 10.5 Å². The molecule has 1 aliphatic heterocycles. The van der Waals surface area contributed by atoms with Crippen molar-refractivity contribution in [3.63, 3.8) is 0 Å². The van der Waals surface area contributed by atoms with Gasteiger partial charge in [-0.2, -0.15) is 5.10 Å². The molecule has 1 saturated carbocycles. The summed E-state index contributed by atoms with van der Waals surface area (Å²) in [5.41, 5.74) is 3.51. The lowest BCUT2D eigenvalue weighted by Crippen LogP contribution is -2.40. The number of nitrogens with zero attached hydrogens (tertiary/aromatic N) is 2. The third-order valence-electron chi connectivity index (χ3n) is 5.27. The second-order valence-corrected chi connectivity index (χ2v) is 9.43. The molecular weight excluding hydrogens is 437 g/mol. The minimum atomic E-state index is -4.17. The van der Waals surface area contributed by atoms with Crippen molar-refractivity contribution in [2.45, 2.75) is 37.0 Å². The molecule has 0 saturated heterocycles. The van der Waals surface area contributed by atoms with Crippen LogP contribution in [0.1, 0.15) is 32.1 Å². The van der Waals surface area contributed by atoms with Gasteiger partial charge in [-0.25, -0.2) is 18.2 Å². The lowest BCUT2D eigenvalue weighted by molar-refractivity contribution is -0.119. The Morgan fingerprint density at radius 2 is 1.69 bits per heavy atom. The van der Waals surface area contributed by atoms with Gasteiger partial charge in [0, 0.05) is 11.8 Å². The van der Waals surface area contributed by atoms with Crippen LogP contribution in [-0.4, -0.2) is 39.8 Å². The van der Waals surface area contributed by atoms with Crippen LogP contribution in [0.25, 0.3) is 0 Å². The molecule has 10 heteroatoms. The number of rotatable bonds is 6. The molecule has 0 aromatic heterocycles. The zero-order valence-electron chi connectivity index (χ0n) is 17.4. The highest BCUT2D eigenvalue weighted by Gasteiger charge is 2.29. The van der Waals surface area contributed by atoms with Gasteiger partial charge in [0.2, 0.25) is 0 Å². The smallest absolute Gasteiger partial charge is 0.264 e. The standard InChI is InChI=1S/C22H24FN3O5S/c23-16-6-8-18(9-7-16)26(15-22(27)25-24-17-4-2-1-3-5-17)32(28,29)19-10-11-20-21(14-19)31-13-12-30-20/h6-11,14H,1-5,12-13,15H2,(H,25,27). The Labute approximate surface area is 186 Å². The molecule has 1 N–H and O–H groups in total. The molecular formula is C22H24FN3O5S. The van der Waals surface area contributed by atoms with Gasteiger partial charge in [-0.05, 0) is 62.1 Å². The molecule has 0 atom stereocenters. The molecule has 1 heterocycles. The van der Waals surface area contributed by atoms with Gasteiger partial charge in [-0.15, -0.1) is 0 Å². The van der Waals surface area contributed by atoms with Gasteiger partial charge < -0.3 is 9.47 Å². The van der Waals surface area contributed by atoms with E-state index in [9.17, 15) is 17.6 Å². The second kappa shape index (κ2) is 9.56. The molecule has 1 fully saturated rings. The summed E-state index contributed by atoms with van der Waals surface area (Å²) in [4.78, 5) is 12.5. The van der Waals surface area contributed by atoms with Crippen molar-refractivity contribution in [3.05, 3.63) is 48.3 Å². The molecule has 0 radical (unpaired) electrons. The summed E-state index contributed by atoms with van der Waals surface area (Å²) in [6.07, 6.45) is 4.82. The highest BCUT2D eigenvalue weighted by molar-refractivity contribution is 7.92. The van der Waals surface area contributed by atoms with E-state index in [1.807, 2.05) is 0 Å². The highest BCUT2D eigenvalue weighted by Crippen LogP contribution is 2.34. The average molecular weight is 462 g/mol. The zero-order chi connectivity index (χ0) is 22.6. The number of hydrogen-bond donors (Lipinski definition) is 1. The van der Waals surface area contributed by atoms with Crippen molar-refractivity contribution in [1.29, 1.82) is 0 Å². The Kier molecular flexibility index (Phi) is 6.59. The first-order valence-electron chi connectivity index (χ1n) is 10.5. The molecule has 2 aliphatic rings. The topological polar surface area (TPSA) is 97.3 Å². The zero-order valence-corrected chi connectivity index (χ0v) is 18.2. The van der Waals surface area contributed by atoms with Gasteiger partial charge in [0.25, 0.3) is 15.9 Å². The fourth-order valence-corrected chi connectivity index (χ4v) is 5.05. The molecule has 170 valence electrons. The van der Waals surface area contributed by atoms with Crippen molar-refractivity contribution in [2.24, 2.45) is 5.10 Å². The predicted molar refractivity (Wildman–Crippen MR) is 117 cm³/mol. The number of sulfonamides is 1. The fraction of sp³-hybridized carbons (Fsp3) is 0.364. The molecule has 2 aromatic carbocycles. The van der Waals surface area contributed by atoms with Gasteiger partial charge in [-0.3, -0.25) is 9.10 Å². The number of carbonyl (C=O) groups is 1. The second-order valence-electron chi connectivity index (χ2n) is 7.57. The minimum Gasteiger partial charge on any atom is -0.486 e. The van der Waals surface area contributed by atoms with Crippen LogP contribution in [-0.2, 0) is 14.8 Å². The van der Waals surface area contributed by atoms with E-state index in [0.29, 0.717) is 24.7 Å². The molecule has 0 spiro atoms. The van der Waals surface area contributed by atoms with Crippen LogP contribution in [0.15, 0.2) is 52.5 Å². The Morgan fingerprint density at radius 1 is 1.00 bits per heavy atom. The average Bonchev–Trinajstić information content (AvgIpc) is 2.82. The van der Waals surface area contributed by atoms with E-state index in [0.717, 1.165) is 54.3 Å². The number of nitrogens with one attached hydrogen (secondary N) is 1. The van der Waals surface area contributed by atoms with Crippen molar-refractivity contribution in [1.82, 2.24) is 5.43 Å². The third kappa shape index (κ3) is 5.01. The van der Waals surface area contributed by atoms with E-state index in [-0.39, 0.29) is 10.6 Å². The Morgan fingerprint density at radius 3 is 2.41 bits per heavy atom. The maximum absolute atomic E-state index is 13.5. The van der Waals surface area contributed by atoms with E-state index in [1.165, 1.54) is 30.3 Å². The normalized spacial score (nSPS) is 15.7. The van der Waals surface area contributed by atoms with Crippen LogP contribution < -0.4 is 19.2 Å². The number of anilines is 1. The lowest BCUT2D eigenvalue weighted by Gasteiger charge is -2.25. The van der Waals surface area contributed by atoms with Crippen molar-refractivity contribution >= 4 is 27.3 Å². The number of hydrazone groups is 1. The summed E-state index contributed by atoms with van der Waals surface area (Å²) in [5.74, 6) is -0.346. The fourth-order valence-electron chi connectivity index (χ4n) is 3.61. The Balaban J connectivity index is 1.61. The van der Waals surface area contributed by atoms with Crippen LogP contribution in [0.3, 0.4) is 0 Å². The maximum atomic E-state index is 13.5. The van der Waals surface area contributed by atoms with Crippen LogP contribution in [0.4, 0.5) is 10.1 Å². The highest BCUT2D eigenvalue weighted by atomic mass is 32.2. The van der Waals surface area contributed by atoms with E-state index >= 15 is 0 Å². The number of ether oxygens (including phenoxy) is 2. The number of fused-ring (bicyclic) bond motifs is 1. The van der Waals surface area contributed by atoms with Crippen LogP contribution in [0.5, 0.6) is 11.5 Å². The van der Waals surface area contributed by atoms with Gasteiger partial charge in [0.1, 0.15) is 25.6 Å². The quantitative estimate of drug-likeness (QED) is 0.666. The predicted octanol–water partition coefficient (Wildman–Crippen LogP) is 3.23. The summed E-state index contributed by atoms with van der Waals surface area (Å²) in [6, 6.07) is 9.17. The van der Waals surface area contributed by atoms with Crippen LogP contribution in [0, 0.1) is 5.82 Å². The number of carbonyl (C=O) groups excluding carboxylic acids is 1. The molecule has 1 aliphatic carbocycles. The van der Waals surface area contributed by atoms with Gasteiger partial charge in [0.05, 0.1) is 10.6 Å². The monoisotopic (exact) mass is 461 g/mol. The number of halogens is 1. The SMILES string of the molecule is O=C(CN(c1ccc(F)cc1)S(=O)(=O)c1ccc2c(c1)OCCO2)NN=C1CCCCC1. The number of benzene rings is 2. The molecule has 0 bridgehead atoms. The summed E-state index contributed by atoms with van der Waals surface area (Å²) < 4.78 is 52.2. The van der Waals surface area contributed by atoms with Gasteiger partial charge in [0.15, 0.2) is 11.5 Å². The first-order valence-corrected chi connectivity index (χ1v) is 11.9. The largest absolute Gasteiger partial charge is 0.486 e. The molecule has 4 rings (SSSR count). The summed E-state index contributed by atoms with van der Waals surface area (Å²) in [6.45, 7) is 0.170. The summed E-state index contributed by atoms with van der Waals surface area (Å²) in [5, 5.41) is 4.16. The summed E-state index contributed by atoms with van der Waals surface area (Å²) >= 11 is 0. The number of hydrogen-bond acceptors (Lipinski definition) is 6. The first-order chi connectivity index (χ1) is 15.4. The Bertz CT molecular complexity index is 1110. The summed E-state index contributed by atoms with van der Waals surface area (Å²) in [7, 11) is -4.17. The van der Waals surface area contributed by atoms with E-state index in [1.54, 1.807) is 0 Å². The maximum Gasteiger partial charge on any atom is 0.264 e. The molecule has 8 nitrogen and oxygen atoms in total. The minimum absolute atomic E-state index is 0.0718. The van der Waals surface area contributed by atoms with Crippen molar-refractivity contribution < 1.29 is 27.1 Å². The molecule has 32 heavy (non-hydrogen) atoms. The van der Waals surface area contributed by atoms with Gasteiger partial charge >= 0.3 is 0 Å². The molecule has 0 unspecified atom stereocenters. The van der Waals surface area contributed by atoms with E-state index in [4.69, 9.17) is 9.47 Å². The lowest BCUT2D eigenvalue weighted by atomic mass is 9.99.